The zero-order chi connectivity index (χ0) is 33.3. The number of hydrogen-bond donors (Lipinski definition) is 1. The van der Waals surface area contributed by atoms with Crippen LogP contribution >= 0.6 is 0 Å². The summed E-state index contributed by atoms with van der Waals surface area (Å²) in [6.45, 7) is 3.25. The molecule has 1 saturated carbocycles. The standard InChI is InChI=1S/C35H45N3O7S/c1-6-31(35(40)36-27-12-8-7-9-13-27)37(23-26-11-10-14-29(21-26)43-3)34(39)24-38(28-17-20-32(44-4)33(22-28)45-5)46(41,42)30-18-15-25(2)16-19-30/h10-11,14-22,27,31H,6-9,12-13,23-24H2,1-5H3,(H,36,40)/t31-/m1/s1. The van der Waals surface area contributed by atoms with Crippen LogP contribution in [-0.4, -0.2) is 65.1 Å². The number of amides is 2. The van der Waals surface area contributed by atoms with Crippen molar-refractivity contribution in [3.05, 3.63) is 77.9 Å². The molecule has 46 heavy (non-hydrogen) atoms. The summed E-state index contributed by atoms with van der Waals surface area (Å²) >= 11 is 0. The lowest BCUT2D eigenvalue weighted by Gasteiger charge is -2.34. The van der Waals surface area contributed by atoms with E-state index in [1.54, 1.807) is 43.5 Å². The molecule has 248 valence electrons. The van der Waals surface area contributed by atoms with Crippen molar-refractivity contribution in [3.8, 4) is 17.2 Å². The van der Waals surface area contributed by atoms with Gasteiger partial charge >= 0.3 is 0 Å². The van der Waals surface area contributed by atoms with E-state index in [1.807, 2.05) is 26.0 Å². The van der Waals surface area contributed by atoms with Crippen molar-refractivity contribution >= 4 is 27.5 Å². The normalized spacial score (nSPS) is 14.2. The van der Waals surface area contributed by atoms with E-state index in [0.29, 0.717) is 23.7 Å². The van der Waals surface area contributed by atoms with Gasteiger partial charge in [0, 0.05) is 18.7 Å². The van der Waals surface area contributed by atoms with E-state index in [9.17, 15) is 18.0 Å². The topological polar surface area (TPSA) is 114 Å². The van der Waals surface area contributed by atoms with Crippen molar-refractivity contribution in [3.63, 3.8) is 0 Å². The number of carbonyl (C=O) groups excluding carboxylic acids is 2. The summed E-state index contributed by atoms with van der Waals surface area (Å²) in [7, 11) is 0.271. The molecule has 2 amide bonds. The average Bonchev–Trinajstić information content (AvgIpc) is 3.07. The minimum absolute atomic E-state index is 0.0297. The maximum Gasteiger partial charge on any atom is 0.264 e. The number of ether oxygens (including phenoxy) is 3. The molecule has 4 rings (SSSR count). The van der Waals surface area contributed by atoms with Crippen LogP contribution in [0.15, 0.2) is 71.6 Å². The van der Waals surface area contributed by atoms with Crippen LogP contribution in [-0.2, 0) is 26.2 Å². The van der Waals surface area contributed by atoms with Crippen molar-refractivity contribution < 1.29 is 32.2 Å². The zero-order valence-corrected chi connectivity index (χ0v) is 28.1. The van der Waals surface area contributed by atoms with Gasteiger partial charge in [-0.25, -0.2) is 8.42 Å². The molecular weight excluding hydrogens is 606 g/mol. The molecule has 0 spiro atoms. The summed E-state index contributed by atoms with van der Waals surface area (Å²) in [6.07, 6.45) is 5.37. The van der Waals surface area contributed by atoms with E-state index in [-0.39, 0.29) is 29.1 Å². The fourth-order valence-electron chi connectivity index (χ4n) is 5.78. The van der Waals surface area contributed by atoms with Gasteiger partial charge in [0.25, 0.3) is 10.0 Å². The molecule has 1 atom stereocenters. The first-order valence-corrected chi connectivity index (χ1v) is 17.1. The molecule has 0 bridgehead atoms. The molecule has 0 radical (unpaired) electrons. The molecule has 0 aromatic heterocycles. The van der Waals surface area contributed by atoms with E-state index in [2.05, 4.69) is 5.32 Å². The van der Waals surface area contributed by atoms with Crippen LogP contribution in [0.5, 0.6) is 17.2 Å². The van der Waals surface area contributed by atoms with E-state index in [4.69, 9.17) is 14.2 Å². The first-order chi connectivity index (χ1) is 22.1. The molecular formula is C35H45N3O7S. The van der Waals surface area contributed by atoms with Gasteiger partial charge < -0.3 is 24.4 Å². The average molecular weight is 652 g/mol. The van der Waals surface area contributed by atoms with Crippen molar-refractivity contribution in [2.45, 2.75) is 75.9 Å². The van der Waals surface area contributed by atoms with Crippen molar-refractivity contribution in [2.75, 3.05) is 32.2 Å². The molecule has 1 fully saturated rings. The van der Waals surface area contributed by atoms with Gasteiger partial charge in [0.05, 0.1) is 31.9 Å². The van der Waals surface area contributed by atoms with Gasteiger partial charge in [-0.3, -0.25) is 13.9 Å². The SMILES string of the molecule is CC[C@H](C(=O)NC1CCCCC1)N(Cc1cccc(OC)c1)C(=O)CN(c1ccc(OC)c(OC)c1)S(=O)(=O)c1ccc(C)cc1. The Morgan fingerprint density at radius 3 is 2.22 bits per heavy atom. The Morgan fingerprint density at radius 2 is 1.59 bits per heavy atom. The second-order valence-corrected chi connectivity index (χ2v) is 13.4. The lowest BCUT2D eigenvalue weighted by molar-refractivity contribution is -0.140. The highest BCUT2D eigenvalue weighted by atomic mass is 32.2. The Hall–Kier alpha value is -4.25. The van der Waals surface area contributed by atoms with Gasteiger partial charge in [-0.1, -0.05) is 56.0 Å². The lowest BCUT2D eigenvalue weighted by atomic mass is 9.95. The fraction of sp³-hybridized carbons (Fsp3) is 0.429. The third-order valence-corrected chi connectivity index (χ3v) is 10.2. The maximum absolute atomic E-state index is 14.4. The smallest absolute Gasteiger partial charge is 0.264 e. The maximum atomic E-state index is 14.4. The molecule has 0 heterocycles. The number of methoxy groups -OCH3 is 3. The van der Waals surface area contributed by atoms with Crippen molar-refractivity contribution in [2.24, 2.45) is 0 Å². The number of benzene rings is 3. The van der Waals surface area contributed by atoms with Crippen LogP contribution in [0.4, 0.5) is 5.69 Å². The number of nitrogens with zero attached hydrogens (tertiary/aromatic N) is 2. The zero-order valence-electron chi connectivity index (χ0n) is 27.3. The highest BCUT2D eigenvalue weighted by Crippen LogP contribution is 2.34. The van der Waals surface area contributed by atoms with Crippen LogP contribution in [0.3, 0.4) is 0 Å². The number of anilines is 1. The Bertz CT molecular complexity index is 1590. The third kappa shape index (κ3) is 8.31. The van der Waals surface area contributed by atoms with E-state index in [1.165, 1.54) is 37.3 Å². The molecule has 1 aliphatic rings. The summed E-state index contributed by atoms with van der Waals surface area (Å²) in [4.78, 5) is 29.7. The van der Waals surface area contributed by atoms with Gasteiger partial charge in [-0.2, -0.15) is 0 Å². The molecule has 3 aromatic rings. The van der Waals surface area contributed by atoms with Gasteiger partial charge in [0.2, 0.25) is 11.8 Å². The predicted molar refractivity (Wildman–Crippen MR) is 178 cm³/mol. The van der Waals surface area contributed by atoms with Gasteiger partial charge in [-0.15, -0.1) is 0 Å². The number of hydrogen-bond acceptors (Lipinski definition) is 7. The summed E-state index contributed by atoms with van der Waals surface area (Å²) in [5.74, 6) is 0.556. The quantitative estimate of drug-likeness (QED) is 0.246. The Kier molecular flexibility index (Phi) is 11.9. The number of aryl methyl sites for hydroxylation is 1. The van der Waals surface area contributed by atoms with E-state index < -0.39 is 28.5 Å². The number of rotatable bonds is 14. The van der Waals surface area contributed by atoms with Crippen LogP contribution in [0.1, 0.15) is 56.6 Å². The highest BCUT2D eigenvalue weighted by Gasteiger charge is 2.35. The first-order valence-electron chi connectivity index (χ1n) is 15.7. The summed E-state index contributed by atoms with van der Waals surface area (Å²) in [5.41, 5.74) is 1.86. The molecule has 11 heteroatoms. The Labute approximate surface area is 272 Å². The number of carbonyl (C=O) groups is 2. The molecule has 0 unspecified atom stereocenters. The van der Waals surface area contributed by atoms with Crippen LogP contribution < -0.4 is 23.8 Å². The highest BCUT2D eigenvalue weighted by molar-refractivity contribution is 7.92. The predicted octanol–water partition coefficient (Wildman–Crippen LogP) is 5.47. The third-order valence-electron chi connectivity index (χ3n) is 8.37. The largest absolute Gasteiger partial charge is 0.497 e. The van der Waals surface area contributed by atoms with Gasteiger partial charge in [0.15, 0.2) is 11.5 Å². The Balaban J connectivity index is 1.76. The van der Waals surface area contributed by atoms with E-state index >= 15 is 0 Å². The van der Waals surface area contributed by atoms with Gasteiger partial charge in [0.1, 0.15) is 18.3 Å². The minimum atomic E-state index is -4.23. The van der Waals surface area contributed by atoms with Crippen molar-refractivity contribution in [1.82, 2.24) is 10.2 Å². The molecule has 0 saturated heterocycles. The molecule has 3 aromatic carbocycles. The monoisotopic (exact) mass is 651 g/mol. The minimum Gasteiger partial charge on any atom is -0.497 e. The second-order valence-electron chi connectivity index (χ2n) is 11.5. The number of nitrogens with one attached hydrogen (secondary N) is 1. The summed E-state index contributed by atoms with van der Waals surface area (Å²) < 4.78 is 45.7. The van der Waals surface area contributed by atoms with Gasteiger partial charge in [-0.05, 0) is 68.1 Å². The second kappa shape index (κ2) is 15.8. The molecule has 1 aliphatic carbocycles. The molecule has 10 nitrogen and oxygen atoms in total. The van der Waals surface area contributed by atoms with Crippen LogP contribution in [0.25, 0.3) is 0 Å². The number of sulfonamides is 1. The van der Waals surface area contributed by atoms with Crippen molar-refractivity contribution in [1.29, 1.82) is 0 Å². The van der Waals surface area contributed by atoms with Crippen LogP contribution in [0.2, 0.25) is 0 Å². The Morgan fingerprint density at radius 1 is 0.891 bits per heavy atom. The first kappa shape index (κ1) is 34.6. The molecule has 1 N–H and O–H groups in total. The van der Waals surface area contributed by atoms with Crippen LogP contribution in [0, 0.1) is 6.92 Å². The molecule has 0 aliphatic heterocycles. The van der Waals surface area contributed by atoms with E-state index in [0.717, 1.165) is 47.5 Å². The lowest BCUT2D eigenvalue weighted by Crippen LogP contribution is -2.54. The fourth-order valence-corrected chi connectivity index (χ4v) is 7.18. The summed E-state index contributed by atoms with van der Waals surface area (Å²) in [5, 5.41) is 3.17. The summed E-state index contributed by atoms with van der Waals surface area (Å²) in [6, 6.07) is 17.6.